The Balaban J connectivity index is 0.00000131. The summed E-state index contributed by atoms with van der Waals surface area (Å²) in [5.74, 6) is 0. The van der Waals surface area contributed by atoms with Gasteiger partial charge in [0.15, 0.2) is 0 Å². The molecule has 2 aliphatic carbocycles. The zero-order chi connectivity index (χ0) is 17.8. The molecule has 0 saturated carbocycles. The third-order valence-corrected chi connectivity index (χ3v) is 11.9. The summed E-state index contributed by atoms with van der Waals surface area (Å²) in [5.41, 5.74) is 7.55. The van der Waals surface area contributed by atoms with Gasteiger partial charge in [-0.25, -0.2) is 0 Å². The van der Waals surface area contributed by atoms with Gasteiger partial charge in [-0.2, -0.15) is 0 Å². The molecule has 0 radical (unpaired) electrons. The number of benzene rings is 1. The van der Waals surface area contributed by atoms with Gasteiger partial charge >= 0.3 is 162 Å². The Morgan fingerprint density at radius 3 is 2.30 bits per heavy atom. The van der Waals surface area contributed by atoms with E-state index in [-0.39, 0.29) is 33.5 Å². The zero-order valence-corrected chi connectivity index (χ0v) is 20.5. The molecule has 2 aromatic rings. The summed E-state index contributed by atoms with van der Waals surface area (Å²) in [6.07, 6.45) is 10.8. The molecule has 1 aromatic heterocycles. The second-order valence-corrected chi connectivity index (χ2v) is 11.4. The van der Waals surface area contributed by atoms with E-state index in [2.05, 4.69) is 86.8 Å². The number of halogens is 2. The molecule has 0 spiro atoms. The fourth-order valence-corrected chi connectivity index (χ4v) is 9.22. The van der Waals surface area contributed by atoms with Crippen LogP contribution in [0.2, 0.25) is 0 Å². The summed E-state index contributed by atoms with van der Waals surface area (Å²) in [4.78, 5) is 4.37. The van der Waals surface area contributed by atoms with Crippen molar-refractivity contribution in [1.82, 2.24) is 9.55 Å². The van der Waals surface area contributed by atoms with Crippen LogP contribution in [-0.2, 0) is 26.5 Å². The average molecular weight is 481 g/mol. The average Bonchev–Trinajstić information content (AvgIpc) is 3.29. The van der Waals surface area contributed by atoms with E-state index in [1.165, 1.54) is 27.8 Å². The van der Waals surface area contributed by atoms with Gasteiger partial charge in [-0.05, 0) is 0 Å². The number of allylic oxidation sites excluding steroid dienone is 5. The number of imidazole rings is 1. The minimum atomic E-state index is -1.03. The molecule has 4 rings (SSSR count). The van der Waals surface area contributed by atoms with E-state index in [1.54, 1.807) is 3.28 Å². The van der Waals surface area contributed by atoms with E-state index < -0.39 is 23.2 Å². The van der Waals surface area contributed by atoms with Crippen LogP contribution in [0.25, 0.3) is 6.08 Å². The second kappa shape index (κ2) is 7.86. The molecule has 0 aliphatic heterocycles. The van der Waals surface area contributed by atoms with Crippen LogP contribution in [0.5, 0.6) is 0 Å². The van der Waals surface area contributed by atoms with Gasteiger partial charge in [0.05, 0.1) is 0 Å². The number of rotatable bonds is 3. The van der Waals surface area contributed by atoms with Crippen LogP contribution in [0.1, 0.15) is 45.7 Å². The molecular formula is C22H26Cl2N2Zr. The maximum Gasteiger partial charge on any atom is -0.147 e. The van der Waals surface area contributed by atoms with Crippen molar-refractivity contribution in [2.75, 3.05) is 0 Å². The summed E-state index contributed by atoms with van der Waals surface area (Å²) in [7, 11) is 0. The molecule has 0 amide bonds. The van der Waals surface area contributed by atoms with Gasteiger partial charge in [0.1, 0.15) is 0 Å². The van der Waals surface area contributed by atoms with Crippen LogP contribution in [0.3, 0.4) is 0 Å². The first-order chi connectivity index (χ1) is 11.9. The Morgan fingerprint density at radius 2 is 1.70 bits per heavy atom. The smallest absolute Gasteiger partial charge is 0.147 e. The normalized spacial score (nSPS) is 22.4. The largest absolute Gasteiger partial charge is 0.147 e. The van der Waals surface area contributed by atoms with Gasteiger partial charge in [0.25, 0.3) is 0 Å². The van der Waals surface area contributed by atoms with Crippen LogP contribution in [0.15, 0.2) is 69.1 Å². The number of hydrogen-bond donors (Lipinski definition) is 0. The summed E-state index contributed by atoms with van der Waals surface area (Å²) < 4.78 is 4.04. The van der Waals surface area contributed by atoms with Crippen LogP contribution >= 0.6 is 24.8 Å². The van der Waals surface area contributed by atoms with Crippen LogP contribution in [0.4, 0.5) is 0 Å². The number of nitrogens with zero attached hydrogens (tertiary/aromatic N) is 2. The van der Waals surface area contributed by atoms with Gasteiger partial charge in [-0.3, -0.25) is 0 Å². The maximum absolute atomic E-state index is 4.37. The van der Waals surface area contributed by atoms with E-state index in [0.717, 1.165) is 0 Å². The maximum atomic E-state index is 4.37. The van der Waals surface area contributed by atoms with E-state index in [9.17, 15) is 0 Å². The SMILES string of the molecule is CC1=C(C)C(C)(C)[C]([Zr][C]2(n3ccnc3)C=Cc3ccccc32)=C1C.Cl.Cl. The molecule has 1 unspecified atom stereocenters. The summed E-state index contributed by atoms with van der Waals surface area (Å²) in [6.45, 7) is 11.8. The molecule has 0 bridgehead atoms. The van der Waals surface area contributed by atoms with Crippen LogP contribution in [0, 0.1) is 5.41 Å². The van der Waals surface area contributed by atoms with Crippen molar-refractivity contribution in [2.45, 2.75) is 37.9 Å². The molecule has 1 aromatic carbocycles. The first-order valence-electron chi connectivity index (χ1n) is 8.83. The Morgan fingerprint density at radius 1 is 1.00 bits per heavy atom. The molecular weight excluding hydrogens is 454 g/mol. The monoisotopic (exact) mass is 478 g/mol. The number of hydrogen-bond acceptors (Lipinski definition) is 1. The standard InChI is InChI=1S/C12H9N2.C10H15.2ClH.Zr/c1-2-4-11-10(3-1)5-6-12(11)14-8-7-13-9-14;1-7-6-10(4,5)9(3)8(7)2;;;/h1-9H;1-5H3;2*1H;. The van der Waals surface area contributed by atoms with Crippen molar-refractivity contribution >= 4 is 30.9 Å². The van der Waals surface area contributed by atoms with Crippen molar-refractivity contribution in [3.05, 3.63) is 80.2 Å². The van der Waals surface area contributed by atoms with Gasteiger partial charge in [-0.1, -0.05) is 0 Å². The van der Waals surface area contributed by atoms with Crippen molar-refractivity contribution in [3.63, 3.8) is 0 Å². The Kier molecular flexibility index (Phi) is 6.52. The summed E-state index contributed by atoms with van der Waals surface area (Å²) in [5, 5.41) is 0. The molecule has 2 nitrogen and oxygen atoms in total. The van der Waals surface area contributed by atoms with Gasteiger partial charge in [-0.15, -0.1) is 24.8 Å². The van der Waals surface area contributed by atoms with Crippen molar-refractivity contribution in [3.8, 4) is 0 Å². The Bertz CT molecular complexity index is 939. The third-order valence-electron chi connectivity index (χ3n) is 6.17. The Labute approximate surface area is 186 Å². The van der Waals surface area contributed by atoms with Crippen molar-refractivity contribution in [2.24, 2.45) is 5.41 Å². The predicted octanol–water partition coefficient (Wildman–Crippen LogP) is 6.19. The molecule has 1 atom stereocenters. The van der Waals surface area contributed by atoms with Crippen molar-refractivity contribution in [1.29, 1.82) is 0 Å². The zero-order valence-electron chi connectivity index (χ0n) is 16.4. The first kappa shape index (κ1) is 22.4. The fraction of sp³-hybridized carbons (Fsp3) is 0.318. The Hall–Kier alpha value is -0.887. The first-order valence-corrected chi connectivity index (χ1v) is 11.3. The van der Waals surface area contributed by atoms with Gasteiger partial charge in [0.2, 0.25) is 0 Å². The minimum Gasteiger partial charge on any atom is -0.147 e. The van der Waals surface area contributed by atoms with E-state index in [1.807, 2.05) is 12.5 Å². The summed E-state index contributed by atoms with van der Waals surface area (Å²) >= 11 is -1.03. The van der Waals surface area contributed by atoms with Gasteiger partial charge < -0.3 is 0 Å². The quantitative estimate of drug-likeness (QED) is 0.512. The van der Waals surface area contributed by atoms with E-state index in [4.69, 9.17) is 0 Å². The molecule has 1 heterocycles. The number of aromatic nitrogens is 2. The van der Waals surface area contributed by atoms with E-state index in [0.29, 0.717) is 0 Å². The van der Waals surface area contributed by atoms with Crippen molar-refractivity contribution < 1.29 is 23.2 Å². The minimum absolute atomic E-state index is 0. The molecule has 2 aliphatic rings. The molecule has 142 valence electrons. The van der Waals surface area contributed by atoms with Crippen LogP contribution in [-0.4, -0.2) is 9.55 Å². The molecule has 0 saturated heterocycles. The topological polar surface area (TPSA) is 17.8 Å². The molecule has 0 N–H and O–H groups in total. The second-order valence-electron chi connectivity index (χ2n) is 7.66. The van der Waals surface area contributed by atoms with Crippen LogP contribution < -0.4 is 0 Å². The van der Waals surface area contributed by atoms with E-state index >= 15 is 0 Å². The third kappa shape index (κ3) is 3.26. The van der Waals surface area contributed by atoms with Gasteiger partial charge in [0, 0.05) is 0 Å². The molecule has 5 heteroatoms. The molecule has 27 heavy (non-hydrogen) atoms. The fourth-order valence-electron chi connectivity index (χ4n) is 4.19. The predicted molar refractivity (Wildman–Crippen MR) is 114 cm³/mol. The molecule has 0 fully saturated rings. The number of fused-ring (bicyclic) bond motifs is 1. The summed E-state index contributed by atoms with van der Waals surface area (Å²) in [6, 6.07) is 8.85.